The van der Waals surface area contributed by atoms with Crippen LogP contribution in [0.15, 0.2) is 12.1 Å². The molecule has 7 nitrogen and oxygen atoms in total. The van der Waals surface area contributed by atoms with Crippen molar-refractivity contribution < 1.29 is 24.3 Å². The molecule has 0 saturated carbocycles. The van der Waals surface area contributed by atoms with E-state index in [2.05, 4.69) is 9.97 Å². The molecule has 1 aliphatic rings. The van der Waals surface area contributed by atoms with Gasteiger partial charge in [-0.15, -0.1) is 0 Å². The molecule has 1 aliphatic carbocycles. The highest BCUT2D eigenvalue weighted by Gasteiger charge is 2.36. The molecule has 0 aromatic carbocycles. The van der Waals surface area contributed by atoms with Gasteiger partial charge in [0.25, 0.3) is 5.78 Å². The number of aromatic nitrogens is 2. The van der Waals surface area contributed by atoms with Crippen LogP contribution in [0.1, 0.15) is 47.4 Å². The van der Waals surface area contributed by atoms with Gasteiger partial charge in [0.2, 0.25) is 5.78 Å². The summed E-state index contributed by atoms with van der Waals surface area (Å²) in [6.45, 7) is 1.53. The van der Waals surface area contributed by atoms with Gasteiger partial charge >= 0.3 is 5.97 Å². The molecular weight excluding hydrogens is 276 g/mol. The number of hydrogen-bond donors (Lipinski definition) is 2. The Kier molecular flexibility index (Phi) is 2.59. The highest BCUT2D eigenvalue weighted by Crippen LogP contribution is 2.35. The highest BCUT2D eigenvalue weighted by molar-refractivity contribution is 6.52. The maximum Gasteiger partial charge on any atom is 0.336 e. The lowest BCUT2D eigenvalue weighted by molar-refractivity contribution is 0.0696. The van der Waals surface area contributed by atoms with Crippen LogP contribution in [0.25, 0.3) is 11.3 Å². The van der Waals surface area contributed by atoms with Gasteiger partial charge < -0.3 is 10.1 Å². The van der Waals surface area contributed by atoms with Crippen molar-refractivity contribution in [3.63, 3.8) is 0 Å². The quantitative estimate of drug-likeness (QED) is 0.633. The van der Waals surface area contributed by atoms with E-state index in [9.17, 15) is 24.3 Å². The fraction of sp³-hybridized carbons (Fsp3) is 0.0714. The Morgan fingerprint density at radius 1 is 1.29 bits per heavy atom. The van der Waals surface area contributed by atoms with Gasteiger partial charge in [0, 0.05) is 11.3 Å². The Hall–Kier alpha value is -3.09. The van der Waals surface area contributed by atoms with Gasteiger partial charge in [-0.25, -0.2) is 9.78 Å². The van der Waals surface area contributed by atoms with Crippen LogP contribution < -0.4 is 0 Å². The minimum Gasteiger partial charge on any atom is -0.478 e. The van der Waals surface area contributed by atoms with E-state index in [0.29, 0.717) is 12.0 Å². The van der Waals surface area contributed by atoms with Crippen LogP contribution in [0.4, 0.5) is 0 Å². The number of aromatic carboxylic acids is 1. The Balaban J connectivity index is 2.45. The van der Waals surface area contributed by atoms with E-state index in [1.54, 1.807) is 0 Å². The molecule has 0 saturated heterocycles. The number of Topliss-reactive ketones (excluding diaryl/α,β-unsaturated/α-hetero) is 2. The monoisotopic (exact) mass is 284 g/mol. The zero-order chi connectivity index (χ0) is 15.3. The van der Waals surface area contributed by atoms with Crippen molar-refractivity contribution in [1.82, 2.24) is 9.97 Å². The maximum absolute atomic E-state index is 12.1. The molecule has 2 heterocycles. The summed E-state index contributed by atoms with van der Waals surface area (Å²) in [5, 5.41) is 9.30. The van der Waals surface area contributed by atoms with Crippen LogP contribution in [0.3, 0.4) is 0 Å². The molecule has 2 aromatic rings. The zero-order valence-corrected chi connectivity index (χ0v) is 10.8. The Labute approximate surface area is 117 Å². The summed E-state index contributed by atoms with van der Waals surface area (Å²) in [6.07, 6.45) is 0.484. The van der Waals surface area contributed by atoms with E-state index in [-0.39, 0.29) is 33.8 Å². The molecule has 2 N–H and O–H groups in total. The van der Waals surface area contributed by atoms with E-state index in [1.807, 2.05) is 0 Å². The van der Waals surface area contributed by atoms with E-state index < -0.39 is 17.5 Å². The third kappa shape index (κ3) is 1.71. The Morgan fingerprint density at radius 3 is 2.62 bits per heavy atom. The van der Waals surface area contributed by atoms with Gasteiger partial charge in [0.1, 0.15) is 5.69 Å². The number of fused-ring (bicyclic) bond motifs is 3. The van der Waals surface area contributed by atoms with Gasteiger partial charge in [-0.1, -0.05) is 0 Å². The summed E-state index contributed by atoms with van der Waals surface area (Å²) < 4.78 is 0. The Morgan fingerprint density at radius 2 is 2.00 bits per heavy atom. The molecule has 0 aliphatic heterocycles. The van der Waals surface area contributed by atoms with Crippen LogP contribution in [-0.4, -0.2) is 38.9 Å². The minimum absolute atomic E-state index is 0.0113. The predicted octanol–water partition coefficient (Wildman–Crippen LogP) is 1.27. The first kappa shape index (κ1) is 12.9. The second kappa shape index (κ2) is 4.20. The summed E-state index contributed by atoms with van der Waals surface area (Å²) in [5.74, 6) is -2.93. The molecule has 0 unspecified atom stereocenters. The van der Waals surface area contributed by atoms with Gasteiger partial charge in [-0.05, 0) is 19.1 Å². The van der Waals surface area contributed by atoms with Gasteiger partial charge in [0.05, 0.1) is 22.5 Å². The average Bonchev–Trinajstić information content (AvgIpc) is 2.88. The largest absolute Gasteiger partial charge is 0.478 e. The van der Waals surface area contributed by atoms with Crippen molar-refractivity contribution >= 4 is 23.8 Å². The van der Waals surface area contributed by atoms with E-state index in [4.69, 9.17) is 0 Å². The third-order valence-corrected chi connectivity index (χ3v) is 3.26. The standard InChI is InChI=1S/C14H8N2O5/c1-5-2-7(14(20)21)9-10-8(3-6(4-17)16-10)12(18)13(19)11(9)15-5/h2-4,16H,1H3,(H,20,21). The molecule has 2 aromatic heterocycles. The predicted molar refractivity (Wildman–Crippen MR) is 69.8 cm³/mol. The summed E-state index contributed by atoms with van der Waals surface area (Å²) >= 11 is 0. The first-order valence-corrected chi connectivity index (χ1v) is 5.96. The zero-order valence-electron chi connectivity index (χ0n) is 10.8. The fourth-order valence-corrected chi connectivity index (χ4v) is 2.40. The summed E-state index contributed by atoms with van der Waals surface area (Å²) in [6, 6.07) is 2.55. The number of aryl methyl sites for hydroxylation is 1. The number of carboxylic acid groups (broad SMARTS) is 1. The van der Waals surface area contributed by atoms with Crippen LogP contribution in [0, 0.1) is 6.92 Å². The smallest absolute Gasteiger partial charge is 0.336 e. The second-order valence-electron chi connectivity index (χ2n) is 4.63. The fourth-order valence-electron chi connectivity index (χ4n) is 2.40. The van der Waals surface area contributed by atoms with Crippen molar-refractivity contribution in [3.8, 4) is 11.3 Å². The number of carbonyl (C=O) groups excluding carboxylic acids is 3. The van der Waals surface area contributed by atoms with Crippen LogP contribution in [0.2, 0.25) is 0 Å². The normalized spacial score (nSPS) is 12.8. The second-order valence-corrected chi connectivity index (χ2v) is 4.63. The van der Waals surface area contributed by atoms with Gasteiger partial charge in [-0.2, -0.15) is 0 Å². The van der Waals surface area contributed by atoms with E-state index in [1.165, 1.54) is 19.1 Å². The number of rotatable bonds is 2. The first-order chi connectivity index (χ1) is 9.93. The minimum atomic E-state index is -1.24. The van der Waals surface area contributed by atoms with Crippen molar-refractivity contribution in [1.29, 1.82) is 0 Å². The average molecular weight is 284 g/mol. The van der Waals surface area contributed by atoms with Crippen molar-refractivity contribution in [2.24, 2.45) is 0 Å². The molecule has 0 radical (unpaired) electrons. The number of ketones is 2. The van der Waals surface area contributed by atoms with Gasteiger partial charge in [0.15, 0.2) is 6.29 Å². The van der Waals surface area contributed by atoms with Crippen LogP contribution in [-0.2, 0) is 0 Å². The summed E-state index contributed by atoms with van der Waals surface area (Å²) in [7, 11) is 0. The lowest BCUT2D eigenvalue weighted by Crippen LogP contribution is -2.24. The molecule has 0 spiro atoms. The van der Waals surface area contributed by atoms with Crippen LogP contribution >= 0.6 is 0 Å². The molecule has 3 rings (SSSR count). The molecule has 0 fully saturated rings. The Bertz CT molecular complexity index is 847. The van der Waals surface area contributed by atoms with Crippen molar-refractivity contribution in [3.05, 3.63) is 40.3 Å². The number of hydrogen-bond acceptors (Lipinski definition) is 5. The van der Waals surface area contributed by atoms with Crippen molar-refractivity contribution in [2.45, 2.75) is 6.92 Å². The number of aldehydes is 1. The molecule has 0 bridgehead atoms. The maximum atomic E-state index is 12.1. The number of carbonyl (C=O) groups is 4. The molecule has 0 atom stereocenters. The summed E-state index contributed by atoms with van der Waals surface area (Å²) in [4.78, 5) is 53.0. The number of nitrogens with one attached hydrogen (secondary N) is 1. The first-order valence-electron chi connectivity index (χ1n) is 5.96. The van der Waals surface area contributed by atoms with E-state index >= 15 is 0 Å². The number of pyridine rings is 1. The summed E-state index contributed by atoms with van der Waals surface area (Å²) in [5.41, 5.74) is 0.233. The SMILES string of the molecule is Cc1cc(C(=O)O)c2c(n1)C(=O)C(=O)c1cc(C=O)[nH]c1-2. The molecule has 0 amide bonds. The third-order valence-electron chi connectivity index (χ3n) is 3.26. The number of H-pyrrole nitrogens is 1. The van der Waals surface area contributed by atoms with E-state index in [0.717, 1.165) is 0 Å². The van der Waals surface area contributed by atoms with Gasteiger partial charge in [-0.3, -0.25) is 14.4 Å². The lowest BCUT2D eigenvalue weighted by atomic mass is 9.88. The number of nitrogens with zero attached hydrogens (tertiary/aromatic N) is 1. The highest BCUT2D eigenvalue weighted by atomic mass is 16.4. The molecule has 7 heteroatoms. The molecular formula is C14H8N2O5. The topological polar surface area (TPSA) is 117 Å². The number of carboxylic acids is 1. The molecule has 21 heavy (non-hydrogen) atoms. The molecule has 104 valence electrons. The lowest BCUT2D eigenvalue weighted by Gasteiger charge is -2.16. The number of aromatic amines is 1. The van der Waals surface area contributed by atoms with Crippen LogP contribution in [0.5, 0.6) is 0 Å². The van der Waals surface area contributed by atoms with Crippen molar-refractivity contribution in [2.75, 3.05) is 0 Å².